The summed E-state index contributed by atoms with van der Waals surface area (Å²) in [6.45, 7) is 7.11. The summed E-state index contributed by atoms with van der Waals surface area (Å²) in [6, 6.07) is 1.89. The number of amides is 1. The topological polar surface area (TPSA) is 72.1 Å². The van der Waals surface area contributed by atoms with Crippen molar-refractivity contribution in [2.75, 3.05) is 13.1 Å². The van der Waals surface area contributed by atoms with Crippen LogP contribution in [0.2, 0.25) is 0 Å². The second kappa shape index (κ2) is 5.87. The molecular weight excluding hydrogens is 280 g/mol. The number of carbonyl (C=O) groups excluding carboxylic acids is 1. The monoisotopic (exact) mass is 300 g/mol. The Labute approximate surface area is 129 Å². The maximum absolute atomic E-state index is 12.5. The lowest BCUT2D eigenvalue weighted by Crippen LogP contribution is -2.30. The van der Waals surface area contributed by atoms with E-state index in [1.165, 1.54) is 0 Å². The van der Waals surface area contributed by atoms with Gasteiger partial charge in [0.1, 0.15) is 11.6 Å². The van der Waals surface area contributed by atoms with E-state index in [1.807, 2.05) is 31.7 Å². The highest BCUT2D eigenvalue weighted by Gasteiger charge is 2.29. The van der Waals surface area contributed by atoms with Gasteiger partial charge in [0.25, 0.3) is 0 Å². The molecule has 0 radical (unpaired) electrons. The minimum atomic E-state index is 0.115. The molecule has 1 amide bonds. The number of likely N-dealkylation sites (tertiary alicyclic amines) is 1. The summed E-state index contributed by atoms with van der Waals surface area (Å²) in [5, 5.41) is 3.90. The molecule has 6 nitrogen and oxygen atoms in total. The Morgan fingerprint density at radius 3 is 2.91 bits per heavy atom. The summed E-state index contributed by atoms with van der Waals surface area (Å²) in [4.78, 5) is 23.2. The van der Waals surface area contributed by atoms with Crippen LogP contribution in [-0.2, 0) is 11.2 Å². The van der Waals surface area contributed by atoms with Crippen molar-refractivity contribution in [3.8, 4) is 0 Å². The van der Waals surface area contributed by atoms with Crippen molar-refractivity contribution in [3.05, 3.63) is 40.8 Å². The molecule has 0 bridgehead atoms. The third-order valence-corrected chi connectivity index (χ3v) is 4.23. The molecule has 1 aliphatic heterocycles. The summed E-state index contributed by atoms with van der Waals surface area (Å²) in [6.07, 6.45) is 3.05. The zero-order chi connectivity index (χ0) is 15.7. The second-order valence-electron chi connectivity index (χ2n) is 5.86. The molecule has 2 aromatic rings. The summed E-state index contributed by atoms with van der Waals surface area (Å²) in [5.74, 6) is 1.91. The zero-order valence-corrected chi connectivity index (χ0v) is 13.2. The van der Waals surface area contributed by atoms with Crippen molar-refractivity contribution in [2.45, 2.75) is 39.5 Å². The fraction of sp³-hybridized carbons (Fsp3) is 0.500. The van der Waals surface area contributed by atoms with Crippen LogP contribution < -0.4 is 0 Å². The number of aryl methyl sites for hydroxylation is 3. The Kier molecular flexibility index (Phi) is 3.92. The van der Waals surface area contributed by atoms with Crippen LogP contribution in [0.5, 0.6) is 0 Å². The average Bonchev–Trinajstić information content (AvgIpc) is 3.10. The van der Waals surface area contributed by atoms with E-state index in [0.29, 0.717) is 13.0 Å². The van der Waals surface area contributed by atoms with Crippen LogP contribution in [0.15, 0.2) is 16.8 Å². The molecular formula is C16H20N4O2. The van der Waals surface area contributed by atoms with Crippen molar-refractivity contribution in [3.63, 3.8) is 0 Å². The van der Waals surface area contributed by atoms with E-state index in [2.05, 4.69) is 15.1 Å². The van der Waals surface area contributed by atoms with E-state index in [0.717, 1.165) is 41.5 Å². The van der Waals surface area contributed by atoms with Gasteiger partial charge in [0.2, 0.25) is 5.91 Å². The van der Waals surface area contributed by atoms with E-state index >= 15 is 0 Å². The summed E-state index contributed by atoms with van der Waals surface area (Å²) in [5.41, 5.74) is 2.66. The minimum Gasteiger partial charge on any atom is -0.361 e. The Balaban J connectivity index is 1.66. The van der Waals surface area contributed by atoms with E-state index in [4.69, 9.17) is 4.52 Å². The molecule has 2 aromatic heterocycles. The molecule has 116 valence electrons. The predicted molar refractivity (Wildman–Crippen MR) is 80.4 cm³/mol. The molecule has 0 aliphatic carbocycles. The van der Waals surface area contributed by atoms with Crippen molar-refractivity contribution in [1.29, 1.82) is 0 Å². The van der Waals surface area contributed by atoms with Crippen molar-refractivity contribution in [1.82, 2.24) is 20.0 Å². The van der Waals surface area contributed by atoms with Gasteiger partial charge >= 0.3 is 0 Å². The number of nitrogens with zero attached hydrogens (tertiary/aromatic N) is 4. The molecule has 1 unspecified atom stereocenters. The summed E-state index contributed by atoms with van der Waals surface area (Å²) < 4.78 is 5.12. The summed E-state index contributed by atoms with van der Waals surface area (Å²) in [7, 11) is 0. The molecule has 3 rings (SSSR count). The number of rotatable bonds is 3. The highest BCUT2D eigenvalue weighted by Crippen LogP contribution is 2.25. The van der Waals surface area contributed by atoms with Crippen molar-refractivity contribution in [2.24, 2.45) is 0 Å². The van der Waals surface area contributed by atoms with Gasteiger partial charge in [-0.15, -0.1) is 0 Å². The third kappa shape index (κ3) is 2.86. The van der Waals surface area contributed by atoms with Gasteiger partial charge < -0.3 is 9.42 Å². The molecule has 0 saturated carbocycles. The van der Waals surface area contributed by atoms with Crippen molar-refractivity contribution < 1.29 is 9.32 Å². The maximum Gasteiger partial charge on any atom is 0.227 e. The molecule has 3 heterocycles. The zero-order valence-electron chi connectivity index (χ0n) is 13.2. The molecule has 1 saturated heterocycles. The lowest BCUT2D eigenvalue weighted by Gasteiger charge is -2.16. The standard InChI is InChI=1S/C16H20N4O2/c1-10-4-6-17-16(18-10)13-5-7-20(9-13)15(21)8-14-11(2)19-22-12(14)3/h4,6,13H,5,7-9H2,1-3H3. The average molecular weight is 300 g/mol. The minimum absolute atomic E-state index is 0.115. The first-order valence-electron chi connectivity index (χ1n) is 7.53. The van der Waals surface area contributed by atoms with Crippen LogP contribution in [0.4, 0.5) is 0 Å². The third-order valence-electron chi connectivity index (χ3n) is 4.23. The van der Waals surface area contributed by atoms with Crippen LogP contribution in [0, 0.1) is 20.8 Å². The highest BCUT2D eigenvalue weighted by molar-refractivity contribution is 5.79. The predicted octanol–water partition coefficient (Wildman–Crippen LogP) is 1.95. The van der Waals surface area contributed by atoms with Gasteiger partial charge in [-0.2, -0.15) is 0 Å². The number of hydrogen-bond acceptors (Lipinski definition) is 5. The van der Waals surface area contributed by atoms with Gasteiger partial charge in [0, 0.05) is 36.5 Å². The molecule has 1 fully saturated rings. The molecule has 0 N–H and O–H groups in total. The van der Waals surface area contributed by atoms with E-state index < -0.39 is 0 Å². The first kappa shape index (κ1) is 14.7. The molecule has 1 atom stereocenters. The molecule has 22 heavy (non-hydrogen) atoms. The van der Waals surface area contributed by atoms with E-state index in [1.54, 1.807) is 6.20 Å². The van der Waals surface area contributed by atoms with Crippen molar-refractivity contribution >= 4 is 5.91 Å². The van der Waals surface area contributed by atoms with Gasteiger partial charge in [-0.3, -0.25) is 4.79 Å². The molecule has 0 spiro atoms. The first-order chi connectivity index (χ1) is 10.5. The smallest absolute Gasteiger partial charge is 0.227 e. The van der Waals surface area contributed by atoms with Gasteiger partial charge in [-0.25, -0.2) is 9.97 Å². The lowest BCUT2D eigenvalue weighted by atomic mass is 10.1. The number of hydrogen-bond donors (Lipinski definition) is 0. The van der Waals surface area contributed by atoms with Gasteiger partial charge in [-0.1, -0.05) is 5.16 Å². The Morgan fingerprint density at radius 1 is 1.41 bits per heavy atom. The quantitative estimate of drug-likeness (QED) is 0.866. The first-order valence-corrected chi connectivity index (χ1v) is 7.53. The Morgan fingerprint density at radius 2 is 2.23 bits per heavy atom. The van der Waals surface area contributed by atoms with Gasteiger partial charge in [-0.05, 0) is 33.3 Å². The van der Waals surface area contributed by atoms with Crippen LogP contribution in [0.3, 0.4) is 0 Å². The van der Waals surface area contributed by atoms with Crippen LogP contribution in [-0.4, -0.2) is 39.0 Å². The SMILES string of the molecule is Cc1ccnc(C2CCN(C(=O)Cc3c(C)noc3C)C2)n1. The Bertz CT molecular complexity index is 676. The highest BCUT2D eigenvalue weighted by atomic mass is 16.5. The second-order valence-corrected chi connectivity index (χ2v) is 5.86. The fourth-order valence-corrected chi connectivity index (χ4v) is 2.88. The van der Waals surface area contributed by atoms with Crippen LogP contribution in [0.25, 0.3) is 0 Å². The van der Waals surface area contributed by atoms with Gasteiger partial charge in [0.15, 0.2) is 0 Å². The fourth-order valence-electron chi connectivity index (χ4n) is 2.88. The lowest BCUT2D eigenvalue weighted by molar-refractivity contribution is -0.129. The maximum atomic E-state index is 12.5. The van der Waals surface area contributed by atoms with Crippen LogP contribution >= 0.6 is 0 Å². The van der Waals surface area contributed by atoms with E-state index in [-0.39, 0.29) is 11.8 Å². The normalized spacial score (nSPS) is 18.0. The van der Waals surface area contributed by atoms with Gasteiger partial charge in [0.05, 0.1) is 12.1 Å². The molecule has 6 heteroatoms. The number of carbonyl (C=O) groups is 1. The summed E-state index contributed by atoms with van der Waals surface area (Å²) >= 11 is 0. The molecule has 0 aromatic carbocycles. The Hall–Kier alpha value is -2.24. The largest absolute Gasteiger partial charge is 0.361 e. The number of aromatic nitrogens is 3. The molecule has 1 aliphatic rings. The van der Waals surface area contributed by atoms with Crippen LogP contribution in [0.1, 0.15) is 40.9 Å². The van der Waals surface area contributed by atoms with E-state index in [9.17, 15) is 4.79 Å².